The molecule has 0 bridgehead atoms. The number of methoxy groups -OCH3 is 1. The van der Waals surface area contributed by atoms with E-state index in [1.54, 1.807) is 37.1 Å². The highest BCUT2D eigenvalue weighted by Crippen LogP contribution is 2.28. The van der Waals surface area contributed by atoms with Gasteiger partial charge in [0.25, 0.3) is 0 Å². The third kappa shape index (κ3) is 5.91. The molecule has 0 fully saturated rings. The highest BCUT2D eigenvalue weighted by atomic mass is 35.5. The highest BCUT2D eigenvalue weighted by Gasteiger charge is 2.12. The number of hydrogen-bond acceptors (Lipinski definition) is 6. The normalized spacial score (nSPS) is 10.8. The fourth-order valence-corrected chi connectivity index (χ4v) is 4.31. The molecule has 152 valence electrons. The third-order valence-corrected chi connectivity index (χ3v) is 6.41. The molecule has 0 aliphatic heterocycles. The quantitative estimate of drug-likeness (QED) is 0.499. The minimum atomic E-state index is -0.144. The number of halogens is 1. The van der Waals surface area contributed by atoms with E-state index in [2.05, 4.69) is 46.7 Å². The molecular formula is C20H21ClN4O2S2. The minimum absolute atomic E-state index is 0.144. The first-order valence-electron chi connectivity index (χ1n) is 8.80. The lowest BCUT2D eigenvalue weighted by molar-refractivity contribution is -0.113. The summed E-state index contributed by atoms with van der Waals surface area (Å²) in [5.41, 5.74) is 1.86. The highest BCUT2D eigenvalue weighted by molar-refractivity contribution is 7.99. The maximum absolute atomic E-state index is 12.2. The summed E-state index contributed by atoms with van der Waals surface area (Å²) in [6, 6.07) is 13.5. The molecule has 0 radical (unpaired) electrons. The van der Waals surface area contributed by atoms with Crippen molar-refractivity contribution in [1.29, 1.82) is 0 Å². The molecule has 3 aromatic rings. The van der Waals surface area contributed by atoms with Gasteiger partial charge in [0.05, 0.1) is 23.6 Å². The van der Waals surface area contributed by atoms with Gasteiger partial charge in [-0.25, -0.2) is 0 Å². The summed E-state index contributed by atoms with van der Waals surface area (Å²) in [7, 11) is 3.46. The van der Waals surface area contributed by atoms with E-state index in [1.165, 1.54) is 22.2 Å². The molecule has 2 aromatic carbocycles. The van der Waals surface area contributed by atoms with Gasteiger partial charge in [-0.3, -0.25) is 4.79 Å². The molecule has 0 aliphatic carbocycles. The Bertz CT molecular complexity index is 993. The summed E-state index contributed by atoms with van der Waals surface area (Å²) in [5.74, 6) is 2.22. The number of amides is 1. The summed E-state index contributed by atoms with van der Waals surface area (Å²) in [4.78, 5) is 13.4. The molecule has 3 rings (SSSR count). The van der Waals surface area contributed by atoms with Crippen molar-refractivity contribution in [2.24, 2.45) is 7.05 Å². The van der Waals surface area contributed by atoms with Crippen LogP contribution in [0.2, 0.25) is 5.02 Å². The molecule has 1 heterocycles. The van der Waals surface area contributed by atoms with Crippen molar-refractivity contribution in [3.8, 4) is 5.75 Å². The van der Waals surface area contributed by atoms with Gasteiger partial charge in [0.2, 0.25) is 5.91 Å². The molecule has 1 N–H and O–H groups in total. The van der Waals surface area contributed by atoms with Crippen LogP contribution in [-0.4, -0.2) is 33.5 Å². The van der Waals surface area contributed by atoms with E-state index in [9.17, 15) is 4.79 Å². The number of hydrogen-bond donors (Lipinski definition) is 1. The van der Waals surface area contributed by atoms with E-state index in [0.717, 1.165) is 5.82 Å². The van der Waals surface area contributed by atoms with E-state index >= 15 is 0 Å². The maximum atomic E-state index is 12.2. The van der Waals surface area contributed by atoms with E-state index < -0.39 is 0 Å². The molecular weight excluding hydrogens is 428 g/mol. The zero-order valence-corrected chi connectivity index (χ0v) is 18.7. The predicted octanol–water partition coefficient (Wildman–Crippen LogP) is 4.81. The Morgan fingerprint density at radius 2 is 1.93 bits per heavy atom. The Kier molecular flexibility index (Phi) is 7.46. The number of aryl methyl sites for hydroxylation is 1. The summed E-state index contributed by atoms with van der Waals surface area (Å²) >= 11 is 9.13. The van der Waals surface area contributed by atoms with Crippen molar-refractivity contribution in [2.75, 3.05) is 18.2 Å². The van der Waals surface area contributed by atoms with Gasteiger partial charge in [-0.15, -0.1) is 22.0 Å². The van der Waals surface area contributed by atoms with E-state index in [-0.39, 0.29) is 11.7 Å². The van der Waals surface area contributed by atoms with Gasteiger partial charge in [-0.2, -0.15) is 0 Å². The van der Waals surface area contributed by atoms with Gasteiger partial charge in [0.1, 0.15) is 11.6 Å². The number of ether oxygens (including phenoxy) is 1. The third-order valence-electron chi connectivity index (χ3n) is 4.08. The van der Waals surface area contributed by atoms with Crippen LogP contribution in [0.5, 0.6) is 5.75 Å². The number of carbonyl (C=O) groups is 1. The Morgan fingerprint density at radius 1 is 1.17 bits per heavy atom. The lowest BCUT2D eigenvalue weighted by Gasteiger charge is -2.08. The lowest BCUT2D eigenvalue weighted by Crippen LogP contribution is -2.14. The van der Waals surface area contributed by atoms with Gasteiger partial charge in [-0.1, -0.05) is 41.1 Å². The largest absolute Gasteiger partial charge is 0.495 e. The number of rotatable bonds is 8. The van der Waals surface area contributed by atoms with Gasteiger partial charge in [0, 0.05) is 17.6 Å². The van der Waals surface area contributed by atoms with Crippen LogP contribution in [0.3, 0.4) is 0 Å². The molecule has 29 heavy (non-hydrogen) atoms. The van der Waals surface area contributed by atoms with Crippen molar-refractivity contribution in [3.63, 3.8) is 0 Å². The molecule has 9 heteroatoms. The SMILES string of the molecule is COc1ccc(NC(=O)CSc2nnc(CSc3ccc(C)cc3)n2C)cc1Cl. The summed E-state index contributed by atoms with van der Waals surface area (Å²) in [6.45, 7) is 2.07. The van der Waals surface area contributed by atoms with Crippen LogP contribution in [0.4, 0.5) is 5.69 Å². The maximum Gasteiger partial charge on any atom is 0.234 e. The molecule has 0 saturated heterocycles. The Morgan fingerprint density at radius 3 is 2.62 bits per heavy atom. The topological polar surface area (TPSA) is 69.0 Å². The molecule has 1 amide bonds. The Hall–Kier alpha value is -2.16. The molecule has 0 saturated carbocycles. The zero-order valence-electron chi connectivity index (χ0n) is 16.3. The van der Waals surface area contributed by atoms with Crippen LogP contribution in [-0.2, 0) is 17.6 Å². The standard InChI is InChI=1S/C20H21ClN4O2S2/c1-13-4-7-15(8-5-13)28-11-18-23-24-20(25(18)2)29-12-19(26)22-14-6-9-17(27-3)16(21)10-14/h4-10H,11-12H2,1-3H3,(H,22,26). The summed E-state index contributed by atoms with van der Waals surface area (Å²) < 4.78 is 7.03. The monoisotopic (exact) mass is 448 g/mol. The van der Waals surface area contributed by atoms with Crippen molar-refractivity contribution in [2.45, 2.75) is 22.7 Å². The number of carbonyl (C=O) groups excluding carboxylic acids is 1. The van der Waals surface area contributed by atoms with Gasteiger partial charge in [-0.05, 0) is 37.3 Å². The first-order chi connectivity index (χ1) is 14.0. The number of benzene rings is 2. The number of anilines is 1. The minimum Gasteiger partial charge on any atom is -0.495 e. The number of nitrogens with zero attached hydrogens (tertiary/aromatic N) is 3. The van der Waals surface area contributed by atoms with E-state index in [0.29, 0.717) is 27.4 Å². The fourth-order valence-electron chi connectivity index (χ4n) is 2.45. The van der Waals surface area contributed by atoms with Gasteiger partial charge in [0.15, 0.2) is 5.16 Å². The zero-order chi connectivity index (χ0) is 20.8. The van der Waals surface area contributed by atoms with Crippen molar-refractivity contribution < 1.29 is 9.53 Å². The number of aromatic nitrogens is 3. The fraction of sp³-hybridized carbons (Fsp3) is 0.250. The van der Waals surface area contributed by atoms with Crippen LogP contribution in [0.15, 0.2) is 52.5 Å². The number of nitrogens with one attached hydrogen (secondary N) is 1. The molecule has 0 aliphatic rings. The predicted molar refractivity (Wildman–Crippen MR) is 119 cm³/mol. The molecule has 0 spiro atoms. The van der Waals surface area contributed by atoms with Crippen molar-refractivity contribution in [3.05, 3.63) is 58.9 Å². The summed E-state index contributed by atoms with van der Waals surface area (Å²) in [5, 5.41) is 12.4. The van der Waals surface area contributed by atoms with Crippen LogP contribution < -0.4 is 10.1 Å². The van der Waals surface area contributed by atoms with Crippen LogP contribution in [0.25, 0.3) is 0 Å². The molecule has 1 aromatic heterocycles. The van der Waals surface area contributed by atoms with E-state index in [4.69, 9.17) is 16.3 Å². The molecule has 0 atom stereocenters. The second-order valence-electron chi connectivity index (χ2n) is 6.25. The average Bonchev–Trinajstić information content (AvgIpc) is 3.06. The second kappa shape index (κ2) is 10.0. The molecule has 0 unspecified atom stereocenters. The van der Waals surface area contributed by atoms with Crippen LogP contribution in [0, 0.1) is 6.92 Å². The van der Waals surface area contributed by atoms with Gasteiger partial charge < -0.3 is 14.6 Å². The average molecular weight is 449 g/mol. The van der Waals surface area contributed by atoms with Gasteiger partial charge >= 0.3 is 0 Å². The van der Waals surface area contributed by atoms with E-state index in [1.807, 2.05) is 11.6 Å². The van der Waals surface area contributed by atoms with Crippen molar-refractivity contribution >= 4 is 46.7 Å². The lowest BCUT2D eigenvalue weighted by atomic mass is 10.2. The smallest absolute Gasteiger partial charge is 0.234 e. The Labute approximate surface area is 183 Å². The van der Waals surface area contributed by atoms with Crippen LogP contribution >= 0.6 is 35.1 Å². The molecule has 6 nitrogen and oxygen atoms in total. The first kappa shape index (κ1) is 21.5. The summed E-state index contributed by atoms with van der Waals surface area (Å²) in [6.07, 6.45) is 0. The van der Waals surface area contributed by atoms with Crippen LogP contribution in [0.1, 0.15) is 11.4 Å². The first-order valence-corrected chi connectivity index (χ1v) is 11.1. The van der Waals surface area contributed by atoms with Crippen molar-refractivity contribution in [1.82, 2.24) is 14.8 Å². The Balaban J connectivity index is 1.52. The second-order valence-corrected chi connectivity index (χ2v) is 8.64. The number of thioether (sulfide) groups is 2.